The van der Waals surface area contributed by atoms with Gasteiger partial charge >= 0.3 is 12.1 Å². The number of anilines is 3. The molecule has 3 heterocycles. The summed E-state index contributed by atoms with van der Waals surface area (Å²) in [5, 5.41) is 29.3. The molecule has 1 saturated heterocycles. The van der Waals surface area contributed by atoms with Crippen LogP contribution in [0.5, 0.6) is 0 Å². The minimum atomic E-state index is -4.66. The lowest BCUT2D eigenvalue weighted by atomic mass is 9.85. The summed E-state index contributed by atoms with van der Waals surface area (Å²) < 4.78 is 45.2. The Hall–Kier alpha value is -2.87. The molecule has 1 atom stereocenters. The highest BCUT2D eigenvalue weighted by Crippen LogP contribution is 2.36. The second kappa shape index (κ2) is 7.43. The van der Waals surface area contributed by atoms with Gasteiger partial charge in [0.2, 0.25) is 19.6 Å². The van der Waals surface area contributed by atoms with Crippen LogP contribution in [0.2, 0.25) is 0 Å². The quantitative estimate of drug-likeness (QED) is 0.290. The maximum absolute atomic E-state index is 13.1. The first kappa shape index (κ1) is 21.8. The van der Waals surface area contributed by atoms with E-state index in [1.54, 1.807) is 13.8 Å². The van der Waals surface area contributed by atoms with E-state index in [1.165, 1.54) is 6.07 Å². The molecule has 0 saturated carbocycles. The third-order valence-electron chi connectivity index (χ3n) is 4.64. The van der Waals surface area contributed by atoms with Crippen LogP contribution in [0.4, 0.5) is 30.8 Å². The Morgan fingerprint density at radius 3 is 2.63 bits per heavy atom. The Morgan fingerprint density at radius 1 is 1.40 bits per heavy atom. The van der Waals surface area contributed by atoms with Gasteiger partial charge in [0, 0.05) is 25.2 Å². The first-order chi connectivity index (χ1) is 13.9. The summed E-state index contributed by atoms with van der Waals surface area (Å²) in [6.07, 6.45) is -3.71. The fourth-order valence-electron chi connectivity index (χ4n) is 2.97. The summed E-state index contributed by atoms with van der Waals surface area (Å²) in [6.45, 7) is 3.59. The maximum atomic E-state index is 13.1. The molecule has 30 heavy (non-hydrogen) atoms. The van der Waals surface area contributed by atoms with Crippen molar-refractivity contribution in [2.45, 2.75) is 37.7 Å². The highest BCUT2D eigenvalue weighted by atomic mass is 19.4. The Kier molecular flexibility index (Phi) is 5.41. The van der Waals surface area contributed by atoms with Crippen molar-refractivity contribution < 1.29 is 32.9 Å². The molecule has 1 unspecified atom stereocenters. The molecule has 4 N–H and O–H groups in total. The average Bonchev–Trinajstić information content (AvgIpc) is 3.19. The van der Waals surface area contributed by atoms with Crippen LogP contribution < -0.4 is 10.6 Å². The number of ether oxygens (including phenoxy) is 1. The molecule has 2 aromatic rings. The van der Waals surface area contributed by atoms with Gasteiger partial charge in [-0.2, -0.15) is 23.3 Å². The summed E-state index contributed by atoms with van der Waals surface area (Å²) in [6, 6.07) is 1.37. The number of halogens is 3. The molecule has 0 amide bonds. The van der Waals surface area contributed by atoms with E-state index in [1.807, 2.05) is 0 Å². The molecule has 162 valence electrons. The molecule has 0 radical (unpaired) electrons. The fourth-order valence-corrected chi connectivity index (χ4v) is 2.97. The Morgan fingerprint density at radius 2 is 2.10 bits per heavy atom. The minimum absolute atomic E-state index is 0.0411. The molecule has 1 aliphatic heterocycles. The highest BCUT2D eigenvalue weighted by molar-refractivity contribution is 6.11. The molecule has 1 aliphatic rings. The molecular formula is C16H20BF3N6O4. The van der Waals surface area contributed by atoms with Crippen LogP contribution in [0.15, 0.2) is 12.3 Å². The van der Waals surface area contributed by atoms with Gasteiger partial charge in [-0.1, -0.05) is 0 Å². The Labute approximate surface area is 169 Å². The highest BCUT2D eigenvalue weighted by Gasteiger charge is 2.45. The van der Waals surface area contributed by atoms with E-state index in [-0.39, 0.29) is 30.6 Å². The van der Waals surface area contributed by atoms with Gasteiger partial charge in [-0.25, -0.2) is 9.67 Å². The van der Waals surface area contributed by atoms with Crippen LogP contribution in [0.25, 0.3) is 0 Å². The van der Waals surface area contributed by atoms with E-state index < -0.39 is 34.8 Å². The molecule has 0 bridgehead atoms. The smallest absolute Gasteiger partial charge is 0.421 e. The summed E-state index contributed by atoms with van der Waals surface area (Å²) in [7, 11) is 1.03. The Balaban J connectivity index is 2.02. The first-order valence-corrected chi connectivity index (χ1v) is 9.04. The lowest BCUT2D eigenvalue weighted by molar-refractivity contribution is -0.159. The van der Waals surface area contributed by atoms with E-state index in [0.29, 0.717) is 12.6 Å². The third kappa shape index (κ3) is 4.05. The lowest BCUT2D eigenvalue weighted by Crippen LogP contribution is -2.36. The number of rotatable bonds is 6. The monoisotopic (exact) mass is 428 g/mol. The number of alkyl halides is 3. The number of nitrogens with zero attached hydrogens (tertiary/aromatic N) is 4. The largest absolute Gasteiger partial charge is 0.465 e. The van der Waals surface area contributed by atoms with Crippen molar-refractivity contribution in [1.29, 1.82) is 0 Å². The molecule has 2 aromatic heterocycles. The zero-order valence-corrected chi connectivity index (χ0v) is 16.4. The SMILES string of the molecule is BC(O)(O)n1nc(C2(C)CCOC2=O)cc1Nc1ncc(C(F)(F)F)c(NCC)n1. The lowest BCUT2D eigenvalue weighted by Gasteiger charge is -2.21. The normalized spacial score (nSPS) is 19.6. The van der Waals surface area contributed by atoms with E-state index in [9.17, 15) is 28.2 Å². The zero-order valence-electron chi connectivity index (χ0n) is 16.4. The number of nitrogens with one attached hydrogen (secondary N) is 2. The number of carbonyl (C=O) groups excluding carboxylic acids is 1. The zero-order chi connectivity index (χ0) is 22.3. The number of esters is 1. The summed E-state index contributed by atoms with van der Waals surface area (Å²) in [5.74, 6) is -3.71. The molecule has 1 fully saturated rings. The van der Waals surface area contributed by atoms with Gasteiger partial charge in [0.05, 0.1) is 12.3 Å². The van der Waals surface area contributed by atoms with Crippen LogP contribution in [-0.2, 0) is 26.9 Å². The van der Waals surface area contributed by atoms with Crippen molar-refractivity contribution in [3.8, 4) is 0 Å². The van der Waals surface area contributed by atoms with Crippen molar-refractivity contribution in [2.24, 2.45) is 0 Å². The Bertz CT molecular complexity index is 961. The summed E-state index contributed by atoms with van der Waals surface area (Å²) >= 11 is 0. The number of aliphatic hydroxyl groups is 2. The average molecular weight is 428 g/mol. The molecule has 0 aromatic carbocycles. The van der Waals surface area contributed by atoms with Gasteiger partial charge in [-0.15, -0.1) is 0 Å². The molecule has 14 heteroatoms. The van der Waals surface area contributed by atoms with E-state index >= 15 is 0 Å². The molecule has 10 nitrogen and oxygen atoms in total. The van der Waals surface area contributed by atoms with E-state index in [2.05, 4.69) is 25.7 Å². The van der Waals surface area contributed by atoms with Gasteiger partial charge < -0.3 is 25.6 Å². The molecule has 0 spiro atoms. The van der Waals surface area contributed by atoms with Crippen molar-refractivity contribution >= 4 is 31.4 Å². The van der Waals surface area contributed by atoms with Gasteiger partial charge in [-0.3, -0.25) is 4.79 Å². The van der Waals surface area contributed by atoms with Crippen molar-refractivity contribution in [3.63, 3.8) is 0 Å². The van der Waals surface area contributed by atoms with Crippen LogP contribution in [0.3, 0.4) is 0 Å². The topological polar surface area (TPSA) is 134 Å². The second-order valence-electron chi connectivity index (χ2n) is 7.12. The number of cyclic esters (lactones) is 1. The first-order valence-electron chi connectivity index (χ1n) is 9.04. The number of carbonyl (C=O) groups is 1. The van der Waals surface area contributed by atoms with Gasteiger partial charge in [0.25, 0.3) is 0 Å². The predicted octanol–water partition coefficient (Wildman–Crippen LogP) is 0.257. The van der Waals surface area contributed by atoms with E-state index in [0.717, 1.165) is 12.5 Å². The molecular weight excluding hydrogens is 408 g/mol. The van der Waals surface area contributed by atoms with Gasteiger partial charge in [-0.05, 0) is 13.8 Å². The van der Waals surface area contributed by atoms with Crippen molar-refractivity contribution in [3.05, 3.63) is 23.5 Å². The minimum Gasteiger partial charge on any atom is -0.465 e. The van der Waals surface area contributed by atoms with Gasteiger partial charge in [0.1, 0.15) is 22.6 Å². The van der Waals surface area contributed by atoms with E-state index in [4.69, 9.17) is 4.74 Å². The van der Waals surface area contributed by atoms with Crippen molar-refractivity contribution in [1.82, 2.24) is 19.7 Å². The molecule has 3 rings (SSSR count). The van der Waals surface area contributed by atoms with Gasteiger partial charge in [0.15, 0.2) is 0 Å². The standard InChI is InChI=1S/C16H20BF3N6O4/c1-3-21-11-8(15(18,19)20)7-22-13(24-11)23-10-6-9(25-26(10)16(17,28)29)14(2)4-5-30-12(14)27/h6-7,28-29H,3-5,17H2,1-2H3,(H2,21,22,23,24). The van der Waals surface area contributed by atoms with Crippen molar-refractivity contribution in [2.75, 3.05) is 23.8 Å². The number of aromatic nitrogens is 4. The van der Waals surface area contributed by atoms with Crippen LogP contribution >= 0.6 is 0 Å². The second-order valence-corrected chi connectivity index (χ2v) is 7.12. The number of hydrogen-bond acceptors (Lipinski definition) is 9. The third-order valence-corrected chi connectivity index (χ3v) is 4.64. The number of hydrogen-bond donors (Lipinski definition) is 4. The molecule has 0 aliphatic carbocycles. The fraction of sp³-hybridized carbons (Fsp3) is 0.500. The van der Waals surface area contributed by atoms with Crippen LogP contribution in [-0.4, -0.2) is 56.9 Å². The predicted molar refractivity (Wildman–Crippen MR) is 101 cm³/mol. The maximum Gasteiger partial charge on any atom is 0.421 e. The van der Waals surface area contributed by atoms with Crippen LogP contribution in [0.1, 0.15) is 31.5 Å². The summed E-state index contributed by atoms with van der Waals surface area (Å²) in [5.41, 5.74) is -1.96. The van der Waals surface area contributed by atoms with Crippen LogP contribution in [0, 0.1) is 0 Å². The summed E-state index contributed by atoms with van der Waals surface area (Å²) in [4.78, 5) is 19.6.